The predicted octanol–water partition coefficient (Wildman–Crippen LogP) is 10.2. The molecule has 2 nitrogen and oxygen atoms in total. The van der Waals surface area contributed by atoms with Gasteiger partial charge in [-0.1, -0.05) is 171 Å². The standard InChI is InChI=1S/3C6H6.C3H8O.C3H8.C2H6O.3C2H6/c3*1-2-4-6-5-3-1;1-3-4-2;1-3-2;1-2-3;3*1-2/h3*1-6H;3H2,1-2H3;3H2,1-2H3;3H,2H2,1H3;3*1-2H3. The van der Waals surface area contributed by atoms with Gasteiger partial charge in [0.25, 0.3) is 0 Å². The molecule has 0 fully saturated rings. The minimum atomic E-state index is 0.250. The van der Waals surface area contributed by atoms with E-state index in [0.29, 0.717) is 0 Å². The lowest BCUT2D eigenvalue weighted by atomic mass is 10.4. The van der Waals surface area contributed by atoms with Crippen LogP contribution in [0.1, 0.15) is 75.7 Å². The average Bonchev–Trinajstić information content (AvgIpc) is 2.96. The molecule has 0 amide bonds. The lowest BCUT2D eigenvalue weighted by Crippen LogP contribution is -1.73. The average molecular weight is 475 g/mol. The van der Waals surface area contributed by atoms with Crippen LogP contribution in [0, 0.1) is 0 Å². The van der Waals surface area contributed by atoms with E-state index < -0.39 is 0 Å². The maximum Gasteiger partial charge on any atom is 0.0433 e. The molecular formula is C32H58O2. The molecule has 3 aromatic rings. The second-order valence-electron chi connectivity index (χ2n) is 5.06. The second kappa shape index (κ2) is 69.8. The van der Waals surface area contributed by atoms with Gasteiger partial charge in [-0.2, -0.15) is 0 Å². The fourth-order valence-electron chi connectivity index (χ4n) is 1.15. The van der Waals surface area contributed by atoms with Crippen molar-refractivity contribution in [2.75, 3.05) is 20.3 Å². The highest BCUT2D eigenvalue weighted by atomic mass is 16.5. The summed E-state index contributed by atoms with van der Waals surface area (Å²) in [5.41, 5.74) is 0. The van der Waals surface area contributed by atoms with Crippen molar-refractivity contribution < 1.29 is 9.84 Å². The van der Waals surface area contributed by atoms with Crippen molar-refractivity contribution in [1.82, 2.24) is 0 Å². The molecule has 0 aromatic heterocycles. The molecule has 0 atom stereocenters. The summed E-state index contributed by atoms with van der Waals surface area (Å²) in [6.07, 6.45) is 1.25. The third-order valence-electron chi connectivity index (χ3n) is 2.29. The molecule has 0 spiro atoms. The summed E-state index contributed by atoms with van der Waals surface area (Å²) < 4.78 is 4.54. The van der Waals surface area contributed by atoms with E-state index in [1.165, 1.54) is 6.42 Å². The zero-order chi connectivity index (χ0) is 27.6. The van der Waals surface area contributed by atoms with Crippen molar-refractivity contribution >= 4 is 0 Å². The van der Waals surface area contributed by atoms with Gasteiger partial charge in [0.1, 0.15) is 0 Å². The third kappa shape index (κ3) is 87.9. The Morgan fingerprint density at radius 2 is 0.471 bits per heavy atom. The summed E-state index contributed by atoms with van der Waals surface area (Å²) in [5, 5.41) is 7.57. The van der Waals surface area contributed by atoms with Gasteiger partial charge >= 0.3 is 0 Å². The number of hydrogen-bond acceptors (Lipinski definition) is 2. The number of ether oxygens (including phenoxy) is 1. The van der Waals surface area contributed by atoms with E-state index in [4.69, 9.17) is 5.11 Å². The summed E-state index contributed by atoms with van der Waals surface area (Å²) >= 11 is 0. The van der Waals surface area contributed by atoms with Gasteiger partial charge in [0, 0.05) is 20.3 Å². The lowest BCUT2D eigenvalue weighted by molar-refractivity contribution is 0.215. The van der Waals surface area contributed by atoms with Crippen LogP contribution in [0.15, 0.2) is 109 Å². The molecule has 0 aliphatic carbocycles. The summed E-state index contributed by atoms with van der Waals surface area (Å²) in [5.74, 6) is 0. The zero-order valence-corrected chi connectivity index (χ0v) is 24.4. The molecule has 0 aliphatic heterocycles. The number of aliphatic hydroxyl groups is 1. The molecule has 0 aliphatic rings. The van der Waals surface area contributed by atoms with Crippen LogP contribution in [0.4, 0.5) is 0 Å². The van der Waals surface area contributed by atoms with E-state index >= 15 is 0 Å². The maximum absolute atomic E-state index is 7.57. The Morgan fingerprint density at radius 3 is 0.500 bits per heavy atom. The fourth-order valence-corrected chi connectivity index (χ4v) is 1.15. The molecule has 0 bridgehead atoms. The largest absolute Gasteiger partial charge is 0.397 e. The van der Waals surface area contributed by atoms with Gasteiger partial charge in [-0.15, -0.1) is 0 Å². The van der Waals surface area contributed by atoms with Crippen LogP contribution in [0.5, 0.6) is 0 Å². The van der Waals surface area contributed by atoms with Gasteiger partial charge < -0.3 is 9.84 Å². The maximum atomic E-state index is 7.57. The smallest absolute Gasteiger partial charge is 0.0433 e. The first-order valence-corrected chi connectivity index (χ1v) is 12.8. The Kier molecular flexibility index (Phi) is 92.6. The summed E-state index contributed by atoms with van der Waals surface area (Å²) in [6, 6.07) is 36.0. The SMILES string of the molecule is CC.CC.CC.CCC.CCO.CCOC.c1ccccc1.c1ccccc1.c1ccccc1. The van der Waals surface area contributed by atoms with E-state index in [9.17, 15) is 0 Å². The number of hydrogen-bond donors (Lipinski definition) is 1. The zero-order valence-electron chi connectivity index (χ0n) is 24.4. The number of benzene rings is 3. The van der Waals surface area contributed by atoms with Crippen molar-refractivity contribution in [3.63, 3.8) is 0 Å². The molecule has 198 valence electrons. The minimum absolute atomic E-state index is 0.250. The minimum Gasteiger partial charge on any atom is -0.397 e. The van der Waals surface area contributed by atoms with E-state index in [-0.39, 0.29) is 6.61 Å². The summed E-state index contributed by atoms with van der Waals surface area (Å²) in [4.78, 5) is 0. The highest BCUT2D eigenvalue weighted by Gasteiger charge is 1.59. The molecular weight excluding hydrogens is 416 g/mol. The van der Waals surface area contributed by atoms with Crippen LogP contribution in [-0.4, -0.2) is 25.4 Å². The van der Waals surface area contributed by atoms with Crippen LogP contribution in [0.3, 0.4) is 0 Å². The van der Waals surface area contributed by atoms with Crippen molar-refractivity contribution in [3.05, 3.63) is 109 Å². The molecule has 0 radical (unpaired) electrons. The van der Waals surface area contributed by atoms with Crippen LogP contribution >= 0.6 is 0 Å². The van der Waals surface area contributed by atoms with Gasteiger partial charge in [0.05, 0.1) is 0 Å². The lowest BCUT2D eigenvalue weighted by Gasteiger charge is -1.76. The molecule has 0 unspecified atom stereocenters. The molecule has 2 heteroatoms. The predicted molar refractivity (Wildman–Crippen MR) is 160 cm³/mol. The first-order chi connectivity index (χ1) is 16.7. The first-order valence-electron chi connectivity index (χ1n) is 12.8. The molecule has 0 saturated carbocycles. The van der Waals surface area contributed by atoms with E-state index in [2.05, 4.69) is 18.6 Å². The molecule has 3 rings (SSSR count). The third-order valence-corrected chi connectivity index (χ3v) is 2.29. The number of aliphatic hydroxyl groups excluding tert-OH is 1. The quantitative estimate of drug-likeness (QED) is 0.380. The van der Waals surface area contributed by atoms with Gasteiger partial charge in [-0.3, -0.25) is 0 Å². The Bertz CT molecular complexity index is 354. The van der Waals surface area contributed by atoms with Crippen molar-refractivity contribution in [1.29, 1.82) is 0 Å². The number of rotatable bonds is 1. The summed E-state index contributed by atoms with van der Waals surface area (Å²) in [6.45, 7) is 21.0. The first kappa shape index (κ1) is 45.1. The van der Waals surface area contributed by atoms with Gasteiger partial charge in [0.2, 0.25) is 0 Å². The topological polar surface area (TPSA) is 29.5 Å². The van der Waals surface area contributed by atoms with Gasteiger partial charge in [-0.25, -0.2) is 0 Å². The Balaban J connectivity index is -0.0000000676. The Morgan fingerprint density at radius 1 is 0.412 bits per heavy atom. The Hall–Kier alpha value is -2.42. The highest BCUT2D eigenvalue weighted by molar-refractivity contribution is 5.00. The van der Waals surface area contributed by atoms with Crippen molar-refractivity contribution in [2.24, 2.45) is 0 Å². The monoisotopic (exact) mass is 474 g/mol. The van der Waals surface area contributed by atoms with Crippen LogP contribution in [0.25, 0.3) is 0 Å². The second-order valence-corrected chi connectivity index (χ2v) is 5.06. The van der Waals surface area contributed by atoms with Gasteiger partial charge in [-0.05, 0) is 13.8 Å². The fraction of sp³-hybridized carbons (Fsp3) is 0.438. The highest BCUT2D eigenvalue weighted by Crippen LogP contribution is 1.81. The van der Waals surface area contributed by atoms with E-state index in [1.807, 2.05) is 158 Å². The Labute approximate surface area is 215 Å². The summed E-state index contributed by atoms with van der Waals surface area (Å²) in [7, 11) is 1.68. The van der Waals surface area contributed by atoms with E-state index in [0.717, 1.165) is 6.61 Å². The van der Waals surface area contributed by atoms with E-state index in [1.54, 1.807) is 14.0 Å². The van der Waals surface area contributed by atoms with Crippen LogP contribution in [-0.2, 0) is 4.74 Å². The van der Waals surface area contributed by atoms with Crippen molar-refractivity contribution in [3.8, 4) is 0 Å². The van der Waals surface area contributed by atoms with Gasteiger partial charge in [0.15, 0.2) is 0 Å². The normalized spacial score (nSPS) is 6.71. The number of methoxy groups -OCH3 is 1. The molecule has 34 heavy (non-hydrogen) atoms. The molecule has 0 saturated heterocycles. The van der Waals surface area contributed by atoms with Crippen molar-refractivity contribution in [2.45, 2.75) is 75.7 Å². The molecule has 3 aromatic carbocycles. The van der Waals surface area contributed by atoms with Crippen LogP contribution < -0.4 is 0 Å². The molecule has 0 heterocycles. The van der Waals surface area contributed by atoms with Crippen LogP contribution in [0.2, 0.25) is 0 Å². The molecule has 1 N–H and O–H groups in total.